The van der Waals surface area contributed by atoms with Crippen LogP contribution in [0.4, 0.5) is 11.6 Å². The number of nitrogens with two attached hydrogens (primary N) is 3. The molecule has 1 atom stereocenters. The lowest BCUT2D eigenvalue weighted by atomic mass is 10.0. The summed E-state index contributed by atoms with van der Waals surface area (Å²) in [6.45, 7) is 0. The Bertz CT molecular complexity index is 601. The van der Waals surface area contributed by atoms with Gasteiger partial charge in [-0.2, -0.15) is 0 Å². The summed E-state index contributed by atoms with van der Waals surface area (Å²) in [7, 11) is 0. The van der Waals surface area contributed by atoms with Gasteiger partial charge in [0, 0.05) is 11.8 Å². The van der Waals surface area contributed by atoms with Crippen molar-refractivity contribution in [1.82, 2.24) is 15.4 Å². The average Bonchev–Trinajstić information content (AvgIpc) is 2.47. The molecule has 0 aliphatic carbocycles. The van der Waals surface area contributed by atoms with Gasteiger partial charge in [-0.1, -0.05) is 42.1 Å². The number of hydrazine groups is 1. The molecule has 1 aromatic carbocycles. The lowest BCUT2D eigenvalue weighted by molar-refractivity contribution is -0.122. The number of carbonyl (C=O) groups is 1. The average molecular weight is 304 g/mol. The highest BCUT2D eigenvalue weighted by Crippen LogP contribution is 2.25. The predicted octanol–water partition coefficient (Wildman–Crippen LogP) is 0.507. The number of benzene rings is 1. The number of nitrogens with zero attached hydrogens (tertiary/aromatic N) is 2. The maximum absolute atomic E-state index is 11.9. The Labute approximate surface area is 126 Å². The van der Waals surface area contributed by atoms with Crippen LogP contribution in [-0.4, -0.2) is 21.6 Å². The summed E-state index contributed by atoms with van der Waals surface area (Å²) >= 11 is 1.30. The molecule has 1 aromatic heterocycles. The van der Waals surface area contributed by atoms with E-state index in [1.807, 2.05) is 30.3 Å². The van der Waals surface area contributed by atoms with E-state index in [0.29, 0.717) is 22.5 Å². The number of hydrogen-bond acceptors (Lipinski definition) is 7. The van der Waals surface area contributed by atoms with Gasteiger partial charge < -0.3 is 11.5 Å². The minimum absolute atomic E-state index is 0.273. The number of aromatic nitrogens is 2. The number of anilines is 2. The number of nitrogen functional groups attached to an aromatic ring is 2. The van der Waals surface area contributed by atoms with Crippen molar-refractivity contribution in [3.8, 4) is 0 Å². The monoisotopic (exact) mass is 304 g/mol. The van der Waals surface area contributed by atoms with Gasteiger partial charge in [0.1, 0.15) is 11.6 Å². The van der Waals surface area contributed by atoms with Crippen molar-refractivity contribution in [2.24, 2.45) is 5.84 Å². The van der Waals surface area contributed by atoms with Crippen molar-refractivity contribution in [3.63, 3.8) is 0 Å². The Hall–Kier alpha value is -2.32. The molecule has 7 N–H and O–H groups in total. The predicted molar refractivity (Wildman–Crippen MR) is 83.1 cm³/mol. The number of carbonyl (C=O) groups excluding carboxylic acids is 1. The van der Waals surface area contributed by atoms with Crippen LogP contribution < -0.4 is 22.7 Å². The molecule has 1 amide bonds. The third kappa shape index (κ3) is 4.07. The Morgan fingerprint density at radius 1 is 1.19 bits per heavy atom. The summed E-state index contributed by atoms with van der Waals surface area (Å²) in [5.41, 5.74) is 14.3. The molecule has 0 spiro atoms. The van der Waals surface area contributed by atoms with Gasteiger partial charge in [-0.25, -0.2) is 15.8 Å². The van der Waals surface area contributed by atoms with E-state index < -0.39 is 5.92 Å². The molecule has 110 valence electrons. The Kier molecular flexibility index (Phi) is 4.96. The minimum Gasteiger partial charge on any atom is -0.383 e. The summed E-state index contributed by atoms with van der Waals surface area (Å²) in [5.74, 6) is 5.58. The maximum atomic E-state index is 11.9. The van der Waals surface area contributed by atoms with Gasteiger partial charge >= 0.3 is 0 Å². The molecule has 0 saturated heterocycles. The summed E-state index contributed by atoms with van der Waals surface area (Å²) in [6.07, 6.45) is 0. The third-order valence-electron chi connectivity index (χ3n) is 2.79. The van der Waals surface area contributed by atoms with E-state index in [1.54, 1.807) is 0 Å². The first-order valence-electron chi connectivity index (χ1n) is 6.18. The summed E-state index contributed by atoms with van der Waals surface area (Å²) in [4.78, 5) is 20.1. The molecular formula is C13H16N6OS. The SMILES string of the molecule is NNC(=O)C(CSc1nc(N)cc(N)n1)c1ccccc1. The first-order chi connectivity index (χ1) is 10.1. The Balaban J connectivity index is 2.14. The van der Waals surface area contributed by atoms with Gasteiger partial charge in [0.15, 0.2) is 5.16 Å². The van der Waals surface area contributed by atoms with E-state index in [2.05, 4.69) is 15.4 Å². The zero-order valence-electron chi connectivity index (χ0n) is 11.2. The lowest BCUT2D eigenvalue weighted by Gasteiger charge is -2.14. The van der Waals surface area contributed by atoms with E-state index >= 15 is 0 Å². The first-order valence-corrected chi connectivity index (χ1v) is 7.17. The van der Waals surface area contributed by atoms with Gasteiger partial charge in [0.05, 0.1) is 5.92 Å². The number of amides is 1. The van der Waals surface area contributed by atoms with Crippen LogP contribution in [0, 0.1) is 0 Å². The zero-order valence-corrected chi connectivity index (χ0v) is 12.0. The van der Waals surface area contributed by atoms with E-state index in [1.165, 1.54) is 17.8 Å². The van der Waals surface area contributed by atoms with Crippen LogP contribution in [0.25, 0.3) is 0 Å². The normalized spacial score (nSPS) is 11.9. The van der Waals surface area contributed by atoms with Crippen LogP contribution in [-0.2, 0) is 4.79 Å². The largest absolute Gasteiger partial charge is 0.383 e. The van der Waals surface area contributed by atoms with E-state index in [9.17, 15) is 4.79 Å². The molecule has 8 heteroatoms. The highest BCUT2D eigenvalue weighted by molar-refractivity contribution is 7.99. The second-order valence-electron chi connectivity index (χ2n) is 4.28. The second kappa shape index (κ2) is 6.91. The second-order valence-corrected chi connectivity index (χ2v) is 5.27. The van der Waals surface area contributed by atoms with Crippen molar-refractivity contribution in [2.45, 2.75) is 11.1 Å². The summed E-state index contributed by atoms with van der Waals surface area (Å²) in [6, 6.07) is 10.8. The van der Waals surface area contributed by atoms with Gasteiger partial charge in [0.25, 0.3) is 0 Å². The van der Waals surface area contributed by atoms with Gasteiger partial charge in [-0.3, -0.25) is 10.2 Å². The third-order valence-corrected chi connectivity index (χ3v) is 3.73. The van der Waals surface area contributed by atoms with Gasteiger partial charge in [0.2, 0.25) is 5.91 Å². The maximum Gasteiger partial charge on any atom is 0.242 e. The van der Waals surface area contributed by atoms with Crippen molar-refractivity contribution in [1.29, 1.82) is 0 Å². The van der Waals surface area contributed by atoms with Crippen LogP contribution in [0.3, 0.4) is 0 Å². The molecule has 1 unspecified atom stereocenters. The molecule has 1 heterocycles. The fraction of sp³-hybridized carbons (Fsp3) is 0.154. The Morgan fingerprint density at radius 3 is 2.38 bits per heavy atom. The van der Waals surface area contributed by atoms with E-state index in [-0.39, 0.29) is 5.91 Å². The topological polar surface area (TPSA) is 133 Å². The minimum atomic E-state index is -0.410. The van der Waals surface area contributed by atoms with Crippen molar-refractivity contribution >= 4 is 29.3 Å². The van der Waals surface area contributed by atoms with Crippen molar-refractivity contribution < 1.29 is 4.79 Å². The number of rotatable bonds is 5. The van der Waals surface area contributed by atoms with Crippen LogP contribution in [0.5, 0.6) is 0 Å². The summed E-state index contributed by atoms with van der Waals surface area (Å²) in [5, 5.41) is 0.429. The van der Waals surface area contributed by atoms with Crippen LogP contribution >= 0.6 is 11.8 Å². The van der Waals surface area contributed by atoms with E-state index in [4.69, 9.17) is 17.3 Å². The number of thioether (sulfide) groups is 1. The van der Waals surface area contributed by atoms with Crippen LogP contribution in [0.15, 0.2) is 41.6 Å². The van der Waals surface area contributed by atoms with Crippen LogP contribution in [0.1, 0.15) is 11.5 Å². The highest BCUT2D eigenvalue weighted by Gasteiger charge is 2.20. The van der Waals surface area contributed by atoms with Crippen LogP contribution in [0.2, 0.25) is 0 Å². The zero-order chi connectivity index (χ0) is 15.2. The molecule has 0 saturated carbocycles. The summed E-state index contributed by atoms with van der Waals surface area (Å²) < 4.78 is 0. The number of nitrogens with one attached hydrogen (secondary N) is 1. The molecule has 2 aromatic rings. The Morgan fingerprint density at radius 2 is 1.81 bits per heavy atom. The molecule has 2 rings (SSSR count). The molecular weight excluding hydrogens is 288 g/mol. The standard InChI is InChI=1S/C13H16N6OS/c14-10-6-11(15)18-13(17-10)21-7-9(12(20)19-16)8-4-2-1-3-5-8/h1-6,9H,7,16H2,(H,19,20)(H4,14,15,17,18). The molecule has 0 bridgehead atoms. The molecule has 0 radical (unpaired) electrons. The molecule has 0 aliphatic heterocycles. The fourth-order valence-corrected chi connectivity index (χ4v) is 2.79. The van der Waals surface area contributed by atoms with Gasteiger partial charge in [-0.05, 0) is 5.56 Å². The quantitative estimate of drug-likeness (QED) is 0.208. The van der Waals surface area contributed by atoms with Gasteiger partial charge in [-0.15, -0.1) is 0 Å². The molecule has 7 nitrogen and oxygen atoms in total. The lowest BCUT2D eigenvalue weighted by Crippen LogP contribution is -2.35. The first kappa shape index (κ1) is 15.1. The van der Waals surface area contributed by atoms with Crippen molar-refractivity contribution in [3.05, 3.63) is 42.0 Å². The fourth-order valence-electron chi connectivity index (χ4n) is 1.79. The van der Waals surface area contributed by atoms with E-state index in [0.717, 1.165) is 5.56 Å². The highest BCUT2D eigenvalue weighted by atomic mass is 32.2. The smallest absolute Gasteiger partial charge is 0.242 e. The molecule has 0 aliphatic rings. The molecule has 21 heavy (non-hydrogen) atoms. The molecule has 0 fully saturated rings. The van der Waals surface area contributed by atoms with Crippen molar-refractivity contribution in [2.75, 3.05) is 17.2 Å². The number of hydrogen-bond donors (Lipinski definition) is 4.